The fourth-order valence-electron chi connectivity index (χ4n) is 4.01. The van der Waals surface area contributed by atoms with E-state index in [1.807, 2.05) is 6.07 Å². The largest absolute Gasteiger partial charge is 0.453 e. The molecular weight excluding hydrogens is 422 g/mol. The lowest BCUT2D eigenvalue weighted by atomic mass is 10.1. The van der Waals surface area contributed by atoms with Crippen molar-refractivity contribution in [3.63, 3.8) is 0 Å². The molecule has 10 heteroatoms. The number of piperazine rings is 1. The van der Waals surface area contributed by atoms with Gasteiger partial charge in [-0.2, -0.15) is 4.98 Å². The van der Waals surface area contributed by atoms with Crippen LogP contribution in [0.3, 0.4) is 0 Å². The lowest BCUT2D eigenvalue weighted by Gasteiger charge is -2.32. The molecule has 0 bridgehead atoms. The molecule has 0 radical (unpaired) electrons. The maximum atomic E-state index is 12.5. The van der Waals surface area contributed by atoms with Crippen molar-refractivity contribution in [3.8, 4) is 22.9 Å². The lowest BCUT2D eigenvalue weighted by Crippen LogP contribution is -2.43. The first kappa shape index (κ1) is 21.2. The first-order valence-electron chi connectivity index (χ1n) is 10.9. The van der Waals surface area contributed by atoms with Crippen LogP contribution in [-0.4, -0.2) is 62.7 Å². The van der Waals surface area contributed by atoms with Crippen molar-refractivity contribution < 1.29 is 9.10 Å². The molecule has 10 nitrogen and oxygen atoms in total. The van der Waals surface area contributed by atoms with Crippen LogP contribution < -0.4 is 15.9 Å². The first-order valence-corrected chi connectivity index (χ1v) is 10.9. The Kier molecular flexibility index (Phi) is 5.39. The minimum absolute atomic E-state index is 0.121. The SMILES string of the molecule is CN1CCN(Cc2ccc(-c3ccc(-c4nc5c(=O)n(C)c(=O)[nH]c5[n+](C)n4)o3)cc2)CC1. The van der Waals surface area contributed by atoms with E-state index >= 15 is 0 Å². The Hall–Kier alpha value is -3.63. The van der Waals surface area contributed by atoms with Gasteiger partial charge >= 0.3 is 11.3 Å². The molecular formula is C23H26N7O3+. The number of hydrogen-bond acceptors (Lipinski definition) is 7. The summed E-state index contributed by atoms with van der Waals surface area (Å²) in [5.41, 5.74) is 1.59. The quantitative estimate of drug-likeness (QED) is 0.454. The molecule has 1 aliphatic rings. The highest BCUT2D eigenvalue weighted by molar-refractivity contribution is 5.67. The molecule has 5 rings (SSSR count). The molecule has 0 saturated carbocycles. The molecule has 1 fully saturated rings. The number of fused-ring (bicyclic) bond motifs is 1. The summed E-state index contributed by atoms with van der Waals surface area (Å²) in [7, 11) is 5.21. The lowest BCUT2D eigenvalue weighted by molar-refractivity contribution is -0.707. The molecule has 33 heavy (non-hydrogen) atoms. The van der Waals surface area contributed by atoms with Gasteiger partial charge in [0.05, 0.1) is 0 Å². The van der Waals surface area contributed by atoms with E-state index in [9.17, 15) is 9.59 Å². The summed E-state index contributed by atoms with van der Waals surface area (Å²) in [6.07, 6.45) is 0. The fourth-order valence-corrected chi connectivity index (χ4v) is 4.01. The third-order valence-corrected chi connectivity index (χ3v) is 6.11. The molecule has 1 saturated heterocycles. The molecule has 3 aromatic heterocycles. The third kappa shape index (κ3) is 4.10. The van der Waals surface area contributed by atoms with E-state index in [0.717, 1.165) is 42.9 Å². The monoisotopic (exact) mass is 448 g/mol. The normalized spacial score (nSPS) is 15.4. The number of nitrogens with zero attached hydrogens (tertiary/aromatic N) is 6. The molecule has 4 aromatic rings. The maximum Gasteiger partial charge on any atom is 0.416 e. The van der Waals surface area contributed by atoms with Crippen molar-refractivity contribution in [1.29, 1.82) is 0 Å². The van der Waals surface area contributed by atoms with Crippen LogP contribution in [0.4, 0.5) is 0 Å². The predicted octanol–water partition coefficient (Wildman–Crippen LogP) is 0.516. The average Bonchev–Trinajstić information content (AvgIpc) is 3.31. The van der Waals surface area contributed by atoms with Crippen LogP contribution in [0.25, 0.3) is 34.1 Å². The number of aromatic nitrogens is 5. The van der Waals surface area contributed by atoms with Gasteiger partial charge in [0.15, 0.2) is 5.76 Å². The van der Waals surface area contributed by atoms with Crippen LogP contribution >= 0.6 is 0 Å². The number of aromatic amines is 1. The topological polar surface area (TPSA) is 104 Å². The molecule has 170 valence electrons. The highest BCUT2D eigenvalue weighted by Crippen LogP contribution is 2.27. The van der Waals surface area contributed by atoms with Crippen LogP contribution in [0, 0.1) is 0 Å². The standard InChI is InChI=1S/C23H25N7O3/c1-27-10-12-30(13-11-27)14-15-4-6-16(7-5-15)17-8-9-18(33-17)20-24-19-21(29(3)26-20)25-23(32)28(2)22(19)31/h4-9H,10-14H2,1-3H3/p+1. The fraction of sp³-hybridized carbons (Fsp3) is 0.348. The van der Waals surface area contributed by atoms with Gasteiger partial charge in [-0.25, -0.2) is 14.3 Å². The van der Waals surface area contributed by atoms with Crippen molar-refractivity contribution in [1.82, 2.24) is 29.4 Å². The van der Waals surface area contributed by atoms with Gasteiger partial charge in [0, 0.05) is 45.3 Å². The van der Waals surface area contributed by atoms with E-state index in [1.165, 1.54) is 17.3 Å². The number of nitrogens with one attached hydrogen (secondary N) is 1. The Morgan fingerprint density at radius 2 is 1.70 bits per heavy atom. The zero-order chi connectivity index (χ0) is 23.1. The van der Waals surface area contributed by atoms with Crippen LogP contribution in [-0.2, 0) is 20.6 Å². The number of likely N-dealkylation sites (N-methyl/N-ethyl adjacent to an activating group) is 1. The molecule has 0 spiro atoms. The summed E-state index contributed by atoms with van der Waals surface area (Å²) in [4.78, 5) is 36.2. The Morgan fingerprint density at radius 3 is 2.42 bits per heavy atom. The van der Waals surface area contributed by atoms with Gasteiger partial charge < -0.3 is 9.32 Å². The minimum Gasteiger partial charge on any atom is -0.453 e. The van der Waals surface area contributed by atoms with Crippen molar-refractivity contribution in [2.24, 2.45) is 14.1 Å². The summed E-state index contributed by atoms with van der Waals surface area (Å²) < 4.78 is 8.43. The van der Waals surface area contributed by atoms with Crippen molar-refractivity contribution in [2.45, 2.75) is 6.54 Å². The molecule has 0 unspecified atom stereocenters. The molecule has 1 aromatic carbocycles. The Morgan fingerprint density at radius 1 is 1.00 bits per heavy atom. The number of aryl methyl sites for hydroxylation is 1. The van der Waals surface area contributed by atoms with E-state index in [4.69, 9.17) is 4.42 Å². The van der Waals surface area contributed by atoms with Crippen molar-refractivity contribution in [2.75, 3.05) is 33.2 Å². The van der Waals surface area contributed by atoms with Crippen LogP contribution in [0.15, 0.2) is 50.4 Å². The van der Waals surface area contributed by atoms with E-state index in [2.05, 4.69) is 56.2 Å². The first-order chi connectivity index (χ1) is 15.9. The summed E-state index contributed by atoms with van der Waals surface area (Å²) >= 11 is 0. The van der Waals surface area contributed by atoms with E-state index < -0.39 is 11.2 Å². The number of rotatable bonds is 4. The molecule has 1 N–H and O–H groups in total. The van der Waals surface area contributed by atoms with Gasteiger partial charge in [-0.1, -0.05) is 29.4 Å². The molecule has 0 aliphatic carbocycles. The third-order valence-electron chi connectivity index (χ3n) is 6.11. The summed E-state index contributed by atoms with van der Waals surface area (Å²) in [5.74, 6) is 1.40. The molecule has 0 amide bonds. The van der Waals surface area contributed by atoms with Gasteiger partial charge in [0.1, 0.15) is 12.8 Å². The Labute approximate surface area is 189 Å². The highest BCUT2D eigenvalue weighted by atomic mass is 16.3. The zero-order valence-electron chi connectivity index (χ0n) is 18.9. The molecule has 0 atom stereocenters. The van der Waals surface area contributed by atoms with Crippen LogP contribution in [0.2, 0.25) is 0 Å². The van der Waals surface area contributed by atoms with Gasteiger partial charge in [-0.3, -0.25) is 9.69 Å². The second-order valence-electron chi connectivity index (χ2n) is 8.49. The van der Waals surface area contributed by atoms with Gasteiger partial charge in [-0.15, -0.1) is 4.68 Å². The van der Waals surface area contributed by atoms with Crippen molar-refractivity contribution >= 4 is 11.2 Å². The maximum absolute atomic E-state index is 12.5. The van der Waals surface area contributed by atoms with E-state index in [-0.39, 0.29) is 17.0 Å². The highest BCUT2D eigenvalue weighted by Gasteiger charge is 2.20. The summed E-state index contributed by atoms with van der Waals surface area (Å²) in [5, 5.41) is 4.36. The van der Waals surface area contributed by atoms with Gasteiger partial charge in [0.25, 0.3) is 5.56 Å². The second kappa shape index (κ2) is 8.38. The number of H-pyrrole nitrogens is 1. The van der Waals surface area contributed by atoms with Gasteiger partial charge in [0.2, 0.25) is 11.3 Å². The van der Waals surface area contributed by atoms with Crippen molar-refractivity contribution in [3.05, 3.63) is 62.8 Å². The number of benzene rings is 1. The van der Waals surface area contributed by atoms with E-state index in [1.54, 1.807) is 13.1 Å². The van der Waals surface area contributed by atoms with Crippen LogP contribution in [0.5, 0.6) is 0 Å². The Balaban J connectivity index is 1.40. The average molecular weight is 449 g/mol. The van der Waals surface area contributed by atoms with Crippen LogP contribution in [0.1, 0.15) is 5.56 Å². The number of hydrogen-bond donors (Lipinski definition) is 1. The number of furan rings is 1. The molecule has 1 aliphatic heterocycles. The van der Waals surface area contributed by atoms with Gasteiger partial charge in [-0.05, 0) is 24.7 Å². The van der Waals surface area contributed by atoms with E-state index in [0.29, 0.717) is 11.5 Å². The summed E-state index contributed by atoms with van der Waals surface area (Å²) in [6.45, 7) is 5.31. The predicted molar refractivity (Wildman–Crippen MR) is 122 cm³/mol. The Bertz CT molecular complexity index is 1430. The smallest absolute Gasteiger partial charge is 0.416 e. The summed E-state index contributed by atoms with van der Waals surface area (Å²) in [6, 6.07) is 12.0. The second-order valence-corrected chi connectivity index (χ2v) is 8.49. The minimum atomic E-state index is -0.518. The molecule has 4 heterocycles. The zero-order valence-corrected chi connectivity index (χ0v) is 18.9.